The smallest absolute Gasteiger partial charge is 0.292 e. The van der Waals surface area contributed by atoms with Gasteiger partial charge in [0.05, 0.1) is 4.92 Å². The lowest BCUT2D eigenvalue weighted by Crippen LogP contribution is -2.34. The van der Waals surface area contributed by atoms with Gasteiger partial charge < -0.3 is 10.6 Å². The number of amides is 1. The van der Waals surface area contributed by atoms with Crippen molar-refractivity contribution in [2.45, 2.75) is 13.0 Å². The first-order valence-electron chi connectivity index (χ1n) is 6.83. The molecular weight excluding hydrogens is 286 g/mol. The number of hydrogen-bond acceptors (Lipinski definition) is 5. The van der Waals surface area contributed by atoms with Crippen molar-refractivity contribution in [2.24, 2.45) is 0 Å². The highest BCUT2D eigenvalue weighted by molar-refractivity contribution is 5.79. The summed E-state index contributed by atoms with van der Waals surface area (Å²) in [5, 5.41) is 20.6. The predicted octanol–water partition coefficient (Wildman–Crippen LogP) is 1.58. The molecule has 0 radical (unpaired) electrons. The molecule has 0 saturated heterocycles. The molecule has 0 spiro atoms. The molecule has 0 saturated carbocycles. The fourth-order valence-electron chi connectivity index (χ4n) is 1.94. The molecule has 8 heteroatoms. The number of nitrogens with one attached hydrogen (secondary N) is 2. The monoisotopic (exact) mass is 303 g/mol. The van der Waals surface area contributed by atoms with Crippen molar-refractivity contribution in [2.75, 3.05) is 18.4 Å². The molecule has 0 fully saturated rings. The van der Waals surface area contributed by atoms with Crippen LogP contribution in [0.2, 0.25) is 0 Å². The SMILES string of the molecule is CC(C(=O)NCCNc1ccccc1[N+](=O)[O-])n1cccn1. The van der Waals surface area contributed by atoms with Crippen molar-refractivity contribution in [1.82, 2.24) is 15.1 Å². The summed E-state index contributed by atoms with van der Waals surface area (Å²) in [6, 6.07) is 7.73. The Morgan fingerprint density at radius 1 is 1.36 bits per heavy atom. The average molecular weight is 303 g/mol. The summed E-state index contributed by atoms with van der Waals surface area (Å²) in [6.45, 7) is 2.50. The highest BCUT2D eigenvalue weighted by Gasteiger charge is 2.14. The third kappa shape index (κ3) is 3.81. The summed E-state index contributed by atoms with van der Waals surface area (Å²) in [5.41, 5.74) is 0.445. The molecule has 1 amide bonds. The van der Waals surface area contributed by atoms with Gasteiger partial charge in [0.1, 0.15) is 11.7 Å². The van der Waals surface area contributed by atoms with Crippen LogP contribution in [0.15, 0.2) is 42.7 Å². The molecule has 1 unspecified atom stereocenters. The topological polar surface area (TPSA) is 102 Å². The Bertz CT molecular complexity index is 642. The van der Waals surface area contributed by atoms with Crippen molar-refractivity contribution in [1.29, 1.82) is 0 Å². The van der Waals surface area contributed by atoms with Crippen LogP contribution in [0.3, 0.4) is 0 Å². The van der Waals surface area contributed by atoms with Gasteiger partial charge in [0.25, 0.3) is 5.69 Å². The van der Waals surface area contributed by atoms with Gasteiger partial charge in [-0.3, -0.25) is 19.6 Å². The molecule has 1 aromatic heterocycles. The Kier molecular flexibility index (Phi) is 5.07. The summed E-state index contributed by atoms with van der Waals surface area (Å²) >= 11 is 0. The molecule has 0 aliphatic carbocycles. The fourth-order valence-corrected chi connectivity index (χ4v) is 1.94. The maximum atomic E-state index is 11.9. The lowest BCUT2D eigenvalue weighted by molar-refractivity contribution is -0.384. The molecule has 116 valence electrons. The molecule has 0 aliphatic heterocycles. The van der Waals surface area contributed by atoms with Crippen LogP contribution in [-0.4, -0.2) is 33.7 Å². The van der Waals surface area contributed by atoms with Crippen LogP contribution in [0.4, 0.5) is 11.4 Å². The number of carbonyl (C=O) groups excluding carboxylic acids is 1. The zero-order valence-corrected chi connectivity index (χ0v) is 12.1. The number of nitro groups is 1. The molecule has 1 heterocycles. The molecule has 2 N–H and O–H groups in total. The average Bonchev–Trinajstić information content (AvgIpc) is 3.05. The number of carbonyl (C=O) groups is 1. The first-order chi connectivity index (χ1) is 10.6. The second kappa shape index (κ2) is 7.21. The summed E-state index contributed by atoms with van der Waals surface area (Å²) in [7, 11) is 0. The molecule has 2 rings (SSSR count). The van der Waals surface area contributed by atoms with Crippen LogP contribution < -0.4 is 10.6 Å². The van der Waals surface area contributed by atoms with Crippen LogP contribution in [0.5, 0.6) is 0 Å². The number of rotatable bonds is 7. The van der Waals surface area contributed by atoms with E-state index in [0.29, 0.717) is 18.8 Å². The summed E-state index contributed by atoms with van der Waals surface area (Å²) in [6.07, 6.45) is 3.33. The molecule has 1 atom stereocenters. The molecular formula is C14H17N5O3. The molecule has 1 aromatic carbocycles. The third-order valence-electron chi connectivity index (χ3n) is 3.14. The standard InChI is InChI=1S/C14H17N5O3/c1-11(18-10-4-7-17-18)14(20)16-9-8-15-12-5-2-3-6-13(12)19(21)22/h2-7,10-11,15H,8-9H2,1H3,(H,16,20). The second-order valence-corrected chi connectivity index (χ2v) is 4.65. The largest absolute Gasteiger partial charge is 0.378 e. The molecule has 8 nitrogen and oxygen atoms in total. The number of benzene rings is 1. The van der Waals surface area contributed by atoms with Gasteiger partial charge >= 0.3 is 0 Å². The minimum absolute atomic E-state index is 0.0127. The number of hydrogen-bond donors (Lipinski definition) is 2. The first-order valence-corrected chi connectivity index (χ1v) is 6.83. The lowest BCUT2D eigenvalue weighted by Gasteiger charge is -2.13. The number of para-hydroxylation sites is 2. The van der Waals surface area contributed by atoms with Crippen LogP contribution in [0.1, 0.15) is 13.0 Å². The fraction of sp³-hybridized carbons (Fsp3) is 0.286. The van der Waals surface area contributed by atoms with Gasteiger partial charge in [0.2, 0.25) is 5.91 Å². The van der Waals surface area contributed by atoms with E-state index in [9.17, 15) is 14.9 Å². The van der Waals surface area contributed by atoms with Crippen LogP contribution in [0, 0.1) is 10.1 Å². The van der Waals surface area contributed by atoms with E-state index in [1.54, 1.807) is 48.3 Å². The van der Waals surface area contributed by atoms with Crippen LogP contribution >= 0.6 is 0 Å². The van der Waals surface area contributed by atoms with Gasteiger partial charge in [-0.15, -0.1) is 0 Å². The van der Waals surface area contributed by atoms with Gasteiger partial charge in [-0.2, -0.15) is 5.10 Å². The van der Waals surface area contributed by atoms with E-state index < -0.39 is 11.0 Å². The van der Waals surface area contributed by atoms with Crippen molar-refractivity contribution in [3.8, 4) is 0 Å². The number of anilines is 1. The minimum atomic E-state index is -0.444. The van der Waals surface area contributed by atoms with Crippen molar-refractivity contribution >= 4 is 17.3 Å². The summed E-state index contributed by atoms with van der Waals surface area (Å²) < 4.78 is 1.56. The number of nitro benzene ring substituents is 1. The van der Waals surface area contributed by atoms with E-state index in [2.05, 4.69) is 15.7 Å². The Morgan fingerprint density at radius 3 is 2.82 bits per heavy atom. The van der Waals surface area contributed by atoms with E-state index in [4.69, 9.17) is 0 Å². The van der Waals surface area contributed by atoms with Gasteiger partial charge in [-0.1, -0.05) is 12.1 Å². The normalized spacial score (nSPS) is 11.7. The Balaban J connectivity index is 1.80. The van der Waals surface area contributed by atoms with Crippen LogP contribution in [0.25, 0.3) is 0 Å². The third-order valence-corrected chi connectivity index (χ3v) is 3.14. The first kappa shape index (κ1) is 15.5. The highest BCUT2D eigenvalue weighted by Crippen LogP contribution is 2.22. The second-order valence-electron chi connectivity index (χ2n) is 4.65. The van der Waals surface area contributed by atoms with Crippen molar-refractivity contribution in [3.05, 3.63) is 52.8 Å². The quantitative estimate of drug-likeness (QED) is 0.459. The molecule has 0 bridgehead atoms. The Labute approximate surface area is 127 Å². The van der Waals surface area contributed by atoms with E-state index >= 15 is 0 Å². The maximum absolute atomic E-state index is 11.9. The van der Waals surface area contributed by atoms with Crippen molar-refractivity contribution in [3.63, 3.8) is 0 Å². The Hall–Kier alpha value is -2.90. The summed E-state index contributed by atoms with van der Waals surface area (Å²) in [4.78, 5) is 22.3. The van der Waals surface area contributed by atoms with Gasteiger partial charge in [0.15, 0.2) is 0 Å². The van der Waals surface area contributed by atoms with E-state index in [0.717, 1.165) is 0 Å². The minimum Gasteiger partial charge on any atom is -0.378 e. The van der Waals surface area contributed by atoms with Gasteiger partial charge in [0, 0.05) is 31.5 Å². The zero-order valence-electron chi connectivity index (χ0n) is 12.1. The zero-order chi connectivity index (χ0) is 15.9. The molecule has 22 heavy (non-hydrogen) atoms. The predicted molar refractivity (Wildman–Crippen MR) is 81.5 cm³/mol. The van der Waals surface area contributed by atoms with Crippen LogP contribution in [-0.2, 0) is 4.79 Å². The van der Waals surface area contributed by atoms with E-state index in [-0.39, 0.29) is 11.6 Å². The van der Waals surface area contributed by atoms with Gasteiger partial charge in [-0.25, -0.2) is 0 Å². The van der Waals surface area contributed by atoms with E-state index in [1.807, 2.05) is 0 Å². The summed E-state index contributed by atoms with van der Waals surface area (Å²) in [5.74, 6) is -0.159. The lowest BCUT2D eigenvalue weighted by atomic mass is 10.2. The Morgan fingerprint density at radius 2 is 2.14 bits per heavy atom. The van der Waals surface area contributed by atoms with Crippen molar-refractivity contribution < 1.29 is 9.72 Å². The maximum Gasteiger partial charge on any atom is 0.292 e. The molecule has 0 aliphatic rings. The van der Waals surface area contributed by atoms with E-state index in [1.165, 1.54) is 6.07 Å². The number of aromatic nitrogens is 2. The highest BCUT2D eigenvalue weighted by atomic mass is 16.6. The number of nitrogens with zero attached hydrogens (tertiary/aromatic N) is 3. The molecule has 2 aromatic rings. The van der Waals surface area contributed by atoms with Gasteiger partial charge in [-0.05, 0) is 19.1 Å².